The van der Waals surface area contributed by atoms with Gasteiger partial charge in [0.25, 0.3) is 0 Å². The lowest BCUT2D eigenvalue weighted by atomic mass is 10.2. The van der Waals surface area contributed by atoms with Crippen LogP contribution >= 0.6 is 11.3 Å². The van der Waals surface area contributed by atoms with Crippen LogP contribution in [0.5, 0.6) is 0 Å². The average molecular weight is 251 g/mol. The van der Waals surface area contributed by atoms with Crippen molar-refractivity contribution in [3.8, 4) is 0 Å². The number of aryl methyl sites for hydroxylation is 1. The molecule has 2 rings (SSSR count). The Hall–Kier alpha value is -1.17. The zero-order valence-corrected chi connectivity index (χ0v) is 10.8. The highest BCUT2D eigenvalue weighted by Gasteiger charge is 2.16. The first kappa shape index (κ1) is 12.3. The predicted molar refractivity (Wildman–Crippen MR) is 69.1 cm³/mol. The highest BCUT2D eigenvalue weighted by Crippen LogP contribution is 2.27. The Balaban J connectivity index is 2.31. The Morgan fingerprint density at radius 3 is 2.88 bits per heavy atom. The van der Waals surface area contributed by atoms with Gasteiger partial charge in [0.05, 0.1) is 30.7 Å². The van der Waals surface area contributed by atoms with Gasteiger partial charge in [0, 0.05) is 16.0 Å². The van der Waals surface area contributed by atoms with Crippen LogP contribution < -0.4 is 5.73 Å². The van der Waals surface area contributed by atoms with Crippen molar-refractivity contribution in [1.82, 2.24) is 9.55 Å². The van der Waals surface area contributed by atoms with Crippen LogP contribution in [0.15, 0.2) is 24.7 Å². The summed E-state index contributed by atoms with van der Waals surface area (Å²) in [6.45, 7) is 4.14. The van der Waals surface area contributed by atoms with Gasteiger partial charge in [0.1, 0.15) is 0 Å². The monoisotopic (exact) mass is 251 g/mol. The van der Waals surface area contributed by atoms with E-state index < -0.39 is 0 Å². The molecule has 2 aromatic heterocycles. The number of imidazole rings is 1. The van der Waals surface area contributed by atoms with Gasteiger partial charge >= 0.3 is 0 Å². The second-order valence-electron chi connectivity index (χ2n) is 4.14. The van der Waals surface area contributed by atoms with Gasteiger partial charge in [-0.25, -0.2) is 4.98 Å². The van der Waals surface area contributed by atoms with E-state index in [9.17, 15) is 0 Å². The highest BCUT2D eigenvalue weighted by atomic mass is 32.1. The number of nitrogens with zero attached hydrogens (tertiary/aromatic N) is 2. The van der Waals surface area contributed by atoms with Crippen LogP contribution in [-0.2, 0) is 0 Å². The van der Waals surface area contributed by atoms with Gasteiger partial charge in [-0.05, 0) is 26.0 Å². The summed E-state index contributed by atoms with van der Waals surface area (Å²) in [5.41, 5.74) is 6.72. The lowest BCUT2D eigenvalue weighted by Crippen LogP contribution is -2.20. The molecule has 0 amide bonds. The van der Waals surface area contributed by atoms with Crippen molar-refractivity contribution in [3.05, 3.63) is 40.1 Å². The van der Waals surface area contributed by atoms with Crippen molar-refractivity contribution < 1.29 is 5.11 Å². The van der Waals surface area contributed by atoms with E-state index in [1.165, 1.54) is 9.75 Å². The Labute approximate surface area is 105 Å². The fraction of sp³-hybridized carbons (Fsp3) is 0.417. The smallest absolute Gasteiger partial charge is 0.0954 e. The van der Waals surface area contributed by atoms with Crippen molar-refractivity contribution in [2.45, 2.75) is 25.9 Å². The number of aromatic nitrogens is 2. The number of rotatable bonds is 4. The van der Waals surface area contributed by atoms with Crippen LogP contribution in [0.25, 0.3) is 0 Å². The van der Waals surface area contributed by atoms with Crippen molar-refractivity contribution in [2.24, 2.45) is 5.73 Å². The van der Waals surface area contributed by atoms with Crippen molar-refractivity contribution in [3.63, 3.8) is 0 Å². The molecule has 0 fully saturated rings. The van der Waals surface area contributed by atoms with Crippen LogP contribution in [0.1, 0.15) is 34.5 Å². The third-order valence-electron chi connectivity index (χ3n) is 2.86. The summed E-state index contributed by atoms with van der Waals surface area (Å²) in [4.78, 5) is 6.68. The van der Waals surface area contributed by atoms with Gasteiger partial charge in [-0.15, -0.1) is 11.3 Å². The first-order chi connectivity index (χ1) is 8.13. The average Bonchev–Trinajstić information content (AvgIpc) is 2.95. The van der Waals surface area contributed by atoms with Crippen LogP contribution in [0.4, 0.5) is 0 Å². The molecular weight excluding hydrogens is 234 g/mol. The maximum atomic E-state index is 9.12. The molecule has 4 nitrogen and oxygen atoms in total. The summed E-state index contributed by atoms with van der Waals surface area (Å²) < 4.78 is 2.02. The van der Waals surface area contributed by atoms with E-state index in [-0.39, 0.29) is 18.7 Å². The minimum atomic E-state index is -0.374. The summed E-state index contributed by atoms with van der Waals surface area (Å²) in [6.07, 6.45) is 3.49. The molecule has 0 spiro atoms. The maximum Gasteiger partial charge on any atom is 0.0954 e. The topological polar surface area (TPSA) is 64.1 Å². The summed E-state index contributed by atoms with van der Waals surface area (Å²) >= 11 is 1.77. The van der Waals surface area contributed by atoms with E-state index in [4.69, 9.17) is 10.8 Å². The lowest BCUT2D eigenvalue weighted by molar-refractivity contribution is 0.262. The van der Waals surface area contributed by atoms with Crippen molar-refractivity contribution >= 4 is 11.3 Å². The highest BCUT2D eigenvalue weighted by molar-refractivity contribution is 7.12. The number of nitrogens with two attached hydrogens (primary N) is 1. The van der Waals surface area contributed by atoms with Gasteiger partial charge in [-0.2, -0.15) is 0 Å². The number of hydrogen-bond donors (Lipinski definition) is 2. The molecule has 0 saturated carbocycles. The fourth-order valence-corrected chi connectivity index (χ4v) is 2.76. The first-order valence-electron chi connectivity index (χ1n) is 5.58. The molecular formula is C12H17N3OS. The zero-order valence-electron chi connectivity index (χ0n) is 10.00. The van der Waals surface area contributed by atoms with Crippen LogP contribution in [-0.4, -0.2) is 21.3 Å². The molecule has 17 heavy (non-hydrogen) atoms. The van der Waals surface area contributed by atoms with Gasteiger partial charge in [0.2, 0.25) is 0 Å². The maximum absolute atomic E-state index is 9.12. The minimum Gasteiger partial charge on any atom is -0.394 e. The molecule has 92 valence electrons. The van der Waals surface area contributed by atoms with E-state index in [0.29, 0.717) is 0 Å². The van der Waals surface area contributed by atoms with E-state index in [2.05, 4.69) is 31.0 Å². The Morgan fingerprint density at radius 2 is 2.29 bits per heavy atom. The van der Waals surface area contributed by atoms with Crippen LogP contribution in [0.2, 0.25) is 0 Å². The third-order valence-corrected chi connectivity index (χ3v) is 4.03. The molecule has 0 aliphatic carbocycles. The zero-order chi connectivity index (χ0) is 12.4. The number of aliphatic hydroxyl groups excluding tert-OH is 1. The molecule has 0 aromatic carbocycles. The van der Waals surface area contributed by atoms with Crippen LogP contribution in [0.3, 0.4) is 0 Å². The quantitative estimate of drug-likeness (QED) is 0.871. The summed E-state index contributed by atoms with van der Waals surface area (Å²) in [5.74, 6) is 0. The number of aliphatic hydroxyl groups is 1. The van der Waals surface area contributed by atoms with E-state index in [1.54, 1.807) is 23.9 Å². The van der Waals surface area contributed by atoms with E-state index in [0.717, 1.165) is 5.69 Å². The molecule has 3 N–H and O–H groups in total. The number of thiophene rings is 1. The molecule has 2 unspecified atom stereocenters. The molecule has 0 bridgehead atoms. The summed E-state index contributed by atoms with van der Waals surface area (Å²) in [5, 5.41) is 9.12. The van der Waals surface area contributed by atoms with Gasteiger partial charge in [-0.3, -0.25) is 0 Å². The van der Waals surface area contributed by atoms with Crippen molar-refractivity contribution in [1.29, 1.82) is 0 Å². The SMILES string of the molecule is Cc1ccc(C(C)n2cncc2C(N)CO)s1. The standard InChI is InChI=1S/C12H17N3OS/c1-8-3-4-12(17-8)9(2)15-7-14-5-11(15)10(13)6-16/h3-5,7,9-10,16H,6,13H2,1-2H3. The van der Waals surface area contributed by atoms with Crippen LogP contribution in [0, 0.1) is 6.92 Å². The number of hydrogen-bond acceptors (Lipinski definition) is 4. The summed E-state index contributed by atoms with van der Waals surface area (Å²) in [6, 6.07) is 4.06. The first-order valence-corrected chi connectivity index (χ1v) is 6.39. The second kappa shape index (κ2) is 5.00. The molecule has 2 heterocycles. The third kappa shape index (κ3) is 2.41. The largest absolute Gasteiger partial charge is 0.394 e. The molecule has 2 aromatic rings. The van der Waals surface area contributed by atoms with E-state index in [1.807, 2.05) is 4.57 Å². The van der Waals surface area contributed by atoms with E-state index >= 15 is 0 Å². The Kier molecular flexibility index (Phi) is 3.61. The molecule has 0 saturated heterocycles. The van der Waals surface area contributed by atoms with Crippen molar-refractivity contribution in [2.75, 3.05) is 6.61 Å². The normalized spacial score (nSPS) is 14.8. The molecule has 5 heteroatoms. The Bertz CT molecular complexity index is 491. The van der Waals surface area contributed by atoms with Gasteiger partial charge in [0.15, 0.2) is 0 Å². The lowest BCUT2D eigenvalue weighted by Gasteiger charge is -2.18. The molecule has 0 radical (unpaired) electrons. The predicted octanol–water partition coefficient (Wildman–Crippen LogP) is 1.85. The molecule has 0 aliphatic heterocycles. The minimum absolute atomic E-state index is 0.0676. The summed E-state index contributed by atoms with van der Waals surface area (Å²) in [7, 11) is 0. The molecule has 2 atom stereocenters. The fourth-order valence-electron chi connectivity index (χ4n) is 1.83. The van der Waals surface area contributed by atoms with Gasteiger partial charge in [-0.1, -0.05) is 0 Å². The second-order valence-corrected chi connectivity index (χ2v) is 5.46. The van der Waals surface area contributed by atoms with Gasteiger partial charge < -0.3 is 15.4 Å². The molecule has 0 aliphatic rings. The Morgan fingerprint density at radius 1 is 1.53 bits per heavy atom.